The number of nitrogens with one attached hydrogen (secondary N) is 2. The average Bonchev–Trinajstić information content (AvgIpc) is 2.85. The Hall–Kier alpha value is -0.440. The maximum Gasteiger partial charge on any atom is 0.191 e. The number of hydrogen-bond donors (Lipinski definition) is 2. The molecule has 128 valence electrons. The van der Waals surface area contributed by atoms with Crippen molar-refractivity contribution in [2.45, 2.75) is 45.5 Å². The lowest BCUT2D eigenvalue weighted by atomic mass is 10.2. The molecule has 0 aromatic carbocycles. The molecule has 22 heavy (non-hydrogen) atoms. The Morgan fingerprint density at radius 3 is 2.64 bits per heavy atom. The highest BCUT2D eigenvalue weighted by molar-refractivity contribution is 14.0. The van der Waals surface area contributed by atoms with E-state index in [0.717, 1.165) is 24.9 Å². The van der Waals surface area contributed by atoms with E-state index in [1.807, 2.05) is 24.2 Å². The van der Waals surface area contributed by atoms with E-state index in [1.54, 1.807) is 7.05 Å². The van der Waals surface area contributed by atoms with Crippen molar-refractivity contribution in [1.82, 2.24) is 20.2 Å². The van der Waals surface area contributed by atoms with Gasteiger partial charge in [0.25, 0.3) is 0 Å². The van der Waals surface area contributed by atoms with Gasteiger partial charge in [-0.15, -0.1) is 24.0 Å². The van der Waals surface area contributed by atoms with Crippen LogP contribution in [0.5, 0.6) is 0 Å². The molecular weight excluding hydrogens is 409 g/mol. The quantitative estimate of drug-likeness (QED) is 0.390. The topological polar surface area (TPSA) is 54.2 Å². The first-order valence-electron chi connectivity index (χ1n) is 7.37. The number of halogens is 1. The SMILES string of the molecule is CN=C(NCc1nccn1CC(C)C)NCC(C)(C)SC.I. The van der Waals surface area contributed by atoms with Crippen LogP contribution in [-0.2, 0) is 13.1 Å². The van der Waals surface area contributed by atoms with Crippen molar-refractivity contribution >= 4 is 41.7 Å². The Balaban J connectivity index is 0.00000441. The summed E-state index contributed by atoms with van der Waals surface area (Å²) in [6.45, 7) is 11.4. The van der Waals surface area contributed by atoms with Gasteiger partial charge in [0.2, 0.25) is 0 Å². The highest BCUT2D eigenvalue weighted by Crippen LogP contribution is 2.19. The molecule has 2 N–H and O–H groups in total. The molecule has 0 radical (unpaired) electrons. The van der Waals surface area contributed by atoms with Gasteiger partial charge in [-0.3, -0.25) is 4.99 Å². The van der Waals surface area contributed by atoms with E-state index >= 15 is 0 Å². The molecule has 0 bridgehead atoms. The summed E-state index contributed by atoms with van der Waals surface area (Å²) in [5.74, 6) is 2.46. The minimum atomic E-state index is 0. The minimum absolute atomic E-state index is 0. The predicted molar refractivity (Wildman–Crippen MR) is 108 cm³/mol. The van der Waals surface area contributed by atoms with Gasteiger partial charge in [0.15, 0.2) is 5.96 Å². The van der Waals surface area contributed by atoms with E-state index in [4.69, 9.17) is 0 Å². The van der Waals surface area contributed by atoms with Gasteiger partial charge in [0.05, 0.1) is 6.54 Å². The molecule has 0 fully saturated rings. The molecule has 1 rings (SSSR count). The summed E-state index contributed by atoms with van der Waals surface area (Å²) in [7, 11) is 1.79. The molecule has 1 heterocycles. The molecule has 0 aliphatic carbocycles. The van der Waals surface area contributed by atoms with E-state index in [9.17, 15) is 0 Å². The Bertz CT molecular complexity index is 457. The molecular formula is C15H30IN5S. The number of hydrogen-bond acceptors (Lipinski definition) is 3. The Kier molecular flexibility index (Phi) is 10.1. The largest absolute Gasteiger partial charge is 0.355 e. The molecule has 0 unspecified atom stereocenters. The van der Waals surface area contributed by atoms with Crippen LogP contribution in [-0.4, -0.2) is 40.1 Å². The number of thioether (sulfide) groups is 1. The third-order valence-electron chi connectivity index (χ3n) is 3.24. The molecule has 1 aromatic heterocycles. The highest BCUT2D eigenvalue weighted by Gasteiger charge is 2.16. The van der Waals surface area contributed by atoms with E-state index in [2.05, 4.69) is 59.1 Å². The predicted octanol–water partition coefficient (Wildman–Crippen LogP) is 2.96. The van der Waals surface area contributed by atoms with E-state index in [-0.39, 0.29) is 28.7 Å². The summed E-state index contributed by atoms with van der Waals surface area (Å²) in [5, 5.41) is 6.69. The van der Waals surface area contributed by atoms with Crippen LogP contribution in [0.1, 0.15) is 33.5 Å². The van der Waals surface area contributed by atoms with Gasteiger partial charge < -0.3 is 15.2 Å². The smallest absolute Gasteiger partial charge is 0.191 e. The second-order valence-electron chi connectivity index (χ2n) is 6.13. The lowest BCUT2D eigenvalue weighted by Gasteiger charge is -2.23. The van der Waals surface area contributed by atoms with Crippen LogP contribution in [0.4, 0.5) is 0 Å². The van der Waals surface area contributed by atoms with Crippen molar-refractivity contribution in [3.8, 4) is 0 Å². The van der Waals surface area contributed by atoms with Crippen LogP contribution in [0, 0.1) is 5.92 Å². The first-order valence-corrected chi connectivity index (χ1v) is 8.60. The molecule has 0 amide bonds. The van der Waals surface area contributed by atoms with Gasteiger partial charge in [0.1, 0.15) is 5.82 Å². The Morgan fingerprint density at radius 1 is 1.41 bits per heavy atom. The van der Waals surface area contributed by atoms with Gasteiger partial charge in [-0.05, 0) is 26.0 Å². The lowest BCUT2D eigenvalue weighted by molar-refractivity contribution is 0.503. The molecule has 5 nitrogen and oxygen atoms in total. The zero-order chi connectivity index (χ0) is 15.9. The molecule has 0 aliphatic rings. The van der Waals surface area contributed by atoms with Crippen molar-refractivity contribution in [3.05, 3.63) is 18.2 Å². The van der Waals surface area contributed by atoms with Gasteiger partial charge >= 0.3 is 0 Å². The minimum Gasteiger partial charge on any atom is -0.355 e. The Morgan fingerprint density at radius 2 is 2.09 bits per heavy atom. The summed E-state index contributed by atoms with van der Waals surface area (Å²) >= 11 is 1.84. The third kappa shape index (κ3) is 7.71. The first kappa shape index (κ1) is 21.6. The summed E-state index contributed by atoms with van der Waals surface area (Å²) in [4.78, 5) is 8.68. The number of rotatable bonds is 7. The van der Waals surface area contributed by atoms with Crippen LogP contribution in [0.3, 0.4) is 0 Å². The van der Waals surface area contributed by atoms with Crippen LogP contribution in [0.2, 0.25) is 0 Å². The van der Waals surface area contributed by atoms with Crippen molar-refractivity contribution in [1.29, 1.82) is 0 Å². The van der Waals surface area contributed by atoms with Crippen molar-refractivity contribution < 1.29 is 0 Å². The molecule has 0 spiro atoms. The lowest BCUT2D eigenvalue weighted by Crippen LogP contribution is -2.43. The molecule has 1 aromatic rings. The second kappa shape index (κ2) is 10.4. The van der Waals surface area contributed by atoms with E-state index in [1.165, 1.54) is 0 Å². The fraction of sp³-hybridized carbons (Fsp3) is 0.733. The molecule has 0 aliphatic heterocycles. The van der Waals surface area contributed by atoms with Gasteiger partial charge in [0, 0.05) is 37.3 Å². The normalized spacial score (nSPS) is 12.2. The van der Waals surface area contributed by atoms with Crippen molar-refractivity contribution in [2.24, 2.45) is 10.9 Å². The number of imidazole rings is 1. The van der Waals surface area contributed by atoms with Crippen molar-refractivity contribution in [3.63, 3.8) is 0 Å². The average molecular weight is 439 g/mol. The van der Waals surface area contributed by atoms with Crippen LogP contribution in [0.25, 0.3) is 0 Å². The number of aromatic nitrogens is 2. The standard InChI is InChI=1S/C15H29N5S.HI/c1-12(2)10-20-8-7-17-13(20)9-18-14(16-5)19-11-15(3,4)21-6;/h7-8,12H,9-11H2,1-6H3,(H2,16,18,19);1H. The van der Waals surface area contributed by atoms with Crippen molar-refractivity contribution in [2.75, 3.05) is 19.8 Å². The van der Waals surface area contributed by atoms with E-state index in [0.29, 0.717) is 12.5 Å². The zero-order valence-electron chi connectivity index (χ0n) is 14.5. The molecule has 7 heteroatoms. The van der Waals surface area contributed by atoms with Crippen LogP contribution >= 0.6 is 35.7 Å². The summed E-state index contributed by atoms with van der Waals surface area (Å²) in [5.41, 5.74) is 0. The summed E-state index contributed by atoms with van der Waals surface area (Å²) < 4.78 is 2.38. The van der Waals surface area contributed by atoms with E-state index < -0.39 is 0 Å². The number of nitrogens with zero attached hydrogens (tertiary/aromatic N) is 3. The van der Waals surface area contributed by atoms with Gasteiger partial charge in [-0.2, -0.15) is 11.8 Å². The fourth-order valence-electron chi connectivity index (χ4n) is 1.82. The highest BCUT2D eigenvalue weighted by atomic mass is 127. The van der Waals surface area contributed by atoms with Gasteiger partial charge in [-0.1, -0.05) is 13.8 Å². The summed E-state index contributed by atoms with van der Waals surface area (Å²) in [6.07, 6.45) is 6.01. The summed E-state index contributed by atoms with van der Waals surface area (Å²) in [6, 6.07) is 0. The molecule has 0 saturated heterocycles. The number of guanidine groups is 1. The zero-order valence-corrected chi connectivity index (χ0v) is 17.7. The first-order chi connectivity index (χ1) is 9.88. The van der Waals surface area contributed by atoms with Gasteiger partial charge in [-0.25, -0.2) is 4.98 Å². The fourth-order valence-corrected chi connectivity index (χ4v) is 2.04. The Labute approximate surface area is 156 Å². The molecule has 0 atom stereocenters. The second-order valence-corrected chi connectivity index (χ2v) is 7.65. The molecule has 0 saturated carbocycles. The van der Waals surface area contributed by atoms with Crippen LogP contribution in [0.15, 0.2) is 17.4 Å². The maximum atomic E-state index is 4.41. The van der Waals surface area contributed by atoms with Crippen LogP contribution < -0.4 is 10.6 Å². The number of aliphatic imine (C=N–C) groups is 1. The monoisotopic (exact) mass is 439 g/mol. The third-order valence-corrected chi connectivity index (χ3v) is 4.48. The maximum absolute atomic E-state index is 4.41.